The molecule has 3 heteroatoms. The van der Waals surface area contributed by atoms with Gasteiger partial charge in [-0.15, -0.1) is 6.58 Å². The number of hydrazine groups is 1. The minimum absolute atomic E-state index is 0.145. The van der Waals surface area contributed by atoms with E-state index in [4.69, 9.17) is 10.6 Å². The van der Waals surface area contributed by atoms with Gasteiger partial charge in [-0.05, 0) is 12.0 Å². The molecule has 1 unspecified atom stereocenters. The third kappa shape index (κ3) is 4.74. The highest BCUT2D eigenvalue weighted by Gasteiger charge is 2.03. The average Bonchev–Trinajstić information content (AvgIpc) is 2.29. The van der Waals surface area contributed by atoms with Crippen molar-refractivity contribution >= 4 is 0 Å². The molecular weight excluding hydrogens is 188 g/mol. The van der Waals surface area contributed by atoms with E-state index in [1.165, 1.54) is 5.56 Å². The summed E-state index contributed by atoms with van der Waals surface area (Å²) in [4.78, 5) is 0. The van der Waals surface area contributed by atoms with Gasteiger partial charge in [0.15, 0.2) is 0 Å². The highest BCUT2D eigenvalue weighted by Crippen LogP contribution is 2.01. The van der Waals surface area contributed by atoms with Gasteiger partial charge in [0.1, 0.15) is 0 Å². The number of nitrogens with two attached hydrogens (primary N) is 1. The fourth-order valence-electron chi connectivity index (χ4n) is 1.28. The Morgan fingerprint density at radius 2 is 2.13 bits per heavy atom. The van der Waals surface area contributed by atoms with Gasteiger partial charge in [0.05, 0.1) is 13.2 Å². The molecular formula is C12H18N2O. The molecule has 0 saturated heterocycles. The van der Waals surface area contributed by atoms with Crippen molar-refractivity contribution in [3.05, 3.63) is 48.6 Å². The first kappa shape index (κ1) is 11.9. The maximum atomic E-state index is 5.54. The van der Waals surface area contributed by atoms with Crippen LogP contribution in [-0.4, -0.2) is 12.6 Å². The standard InChI is InChI=1S/C12H18N2O/c1-2-6-12(14-13)10-15-9-11-7-4-3-5-8-11/h2-5,7-8,12,14H,1,6,9-10,13H2. The summed E-state index contributed by atoms with van der Waals surface area (Å²) in [6, 6.07) is 10.2. The van der Waals surface area contributed by atoms with Gasteiger partial charge < -0.3 is 4.74 Å². The molecule has 0 amide bonds. The number of benzene rings is 1. The lowest BCUT2D eigenvalue weighted by atomic mass is 10.2. The van der Waals surface area contributed by atoms with Crippen LogP contribution in [0.2, 0.25) is 0 Å². The minimum Gasteiger partial charge on any atom is -0.375 e. The number of ether oxygens (including phenoxy) is 1. The van der Waals surface area contributed by atoms with E-state index in [9.17, 15) is 0 Å². The van der Waals surface area contributed by atoms with Crippen LogP contribution in [-0.2, 0) is 11.3 Å². The summed E-state index contributed by atoms with van der Waals surface area (Å²) in [5.41, 5.74) is 3.87. The summed E-state index contributed by atoms with van der Waals surface area (Å²) in [5.74, 6) is 5.36. The van der Waals surface area contributed by atoms with Crippen molar-refractivity contribution in [2.24, 2.45) is 5.84 Å². The molecule has 0 radical (unpaired) electrons. The summed E-state index contributed by atoms with van der Waals surface area (Å²) in [6.45, 7) is 4.88. The zero-order valence-electron chi connectivity index (χ0n) is 8.86. The van der Waals surface area contributed by atoms with Crippen molar-refractivity contribution < 1.29 is 4.74 Å². The van der Waals surface area contributed by atoms with E-state index in [0.29, 0.717) is 13.2 Å². The molecule has 82 valence electrons. The van der Waals surface area contributed by atoms with Crippen LogP contribution >= 0.6 is 0 Å². The van der Waals surface area contributed by atoms with Crippen LogP contribution in [0.3, 0.4) is 0 Å². The predicted octanol–water partition coefficient (Wildman–Crippen LogP) is 1.61. The molecule has 0 aliphatic rings. The third-order valence-electron chi connectivity index (χ3n) is 2.12. The van der Waals surface area contributed by atoms with Gasteiger partial charge in [-0.3, -0.25) is 11.3 Å². The molecule has 1 aromatic rings. The Bertz CT molecular complexity index is 274. The smallest absolute Gasteiger partial charge is 0.0717 e. The molecule has 3 nitrogen and oxygen atoms in total. The second-order valence-corrected chi connectivity index (χ2v) is 3.39. The van der Waals surface area contributed by atoms with Crippen LogP contribution in [0.15, 0.2) is 43.0 Å². The normalized spacial score (nSPS) is 12.3. The van der Waals surface area contributed by atoms with Crippen molar-refractivity contribution in [3.63, 3.8) is 0 Å². The van der Waals surface area contributed by atoms with Gasteiger partial charge in [0, 0.05) is 6.04 Å². The van der Waals surface area contributed by atoms with Gasteiger partial charge in [-0.25, -0.2) is 0 Å². The summed E-state index contributed by atoms with van der Waals surface area (Å²) in [6.07, 6.45) is 2.64. The molecule has 1 rings (SSSR count). The van der Waals surface area contributed by atoms with Gasteiger partial charge in [-0.1, -0.05) is 36.4 Å². The maximum absolute atomic E-state index is 5.54. The van der Waals surface area contributed by atoms with Crippen molar-refractivity contribution in [2.75, 3.05) is 6.61 Å². The molecule has 1 atom stereocenters. The SMILES string of the molecule is C=CCC(COCc1ccccc1)NN. The van der Waals surface area contributed by atoms with E-state index in [0.717, 1.165) is 6.42 Å². The highest BCUT2D eigenvalue weighted by molar-refractivity contribution is 5.13. The second kappa shape index (κ2) is 7.17. The summed E-state index contributed by atoms with van der Waals surface area (Å²) < 4.78 is 5.54. The molecule has 0 aliphatic carbocycles. The minimum atomic E-state index is 0.145. The topological polar surface area (TPSA) is 47.3 Å². The molecule has 0 fully saturated rings. The van der Waals surface area contributed by atoms with Crippen LogP contribution in [0, 0.1) is 0 Å². The lowest BCUT2D eigenvalue weighted by Crippen LogP contribution is -2.38. The van der Waals surface area contributed by atoms with E-state index in [2.05, 4.69) is 12.0 Å². The average molecular weight is 206 g/mol. The Hall–Kier alpha value is -1.16. The van der Waals surface area contributed by atoms with E-state index in [1.54, 1.807) is 0 Å². The van der Waals surface area contributed by atoms with Crippen molar-refractivity contribution in [1.82, 2.24) is 5.43 Å². The molecule has 15 heavy (non-hydrogen) atoms. The molecule has 0 heterocycles. The number of hydrogen-bond donors (Lipinski definition) is 2. The Morgan fingerprint density at radius 3 is 2.73 bits per heavy atom. The lowest BCUT2D eigenvalue weighted by Gasteiger charge is -2.13. The van der Waals surface area contributed by atoms with Gasteiger partial charge in [0.2, 0.25) is 0 Å². The number of rotatable bonds is 7. The third-order valence-corrected chi connectivity index (χ3v) is 2.12. The lowest BCUT2D eigenvalue weighted by molar-refractivity contribution is 0.0992. The number of nitrogens with one attached hydrogen (secondary N) is 1. The summed E-state index contributed by atoms with van der Waals surface area (Å²) in [7, 11) is 0. The first-order chi connectivity index (χ1) is 7.36. The van der Waals surface area contributed by atoms with Gasteiger partial charge in [-0.2, -0.15) is 0 Å². The van der Waals surface area contributed by atoms with E-state index in [1.807, 2.05) is 36.4 Å². The predicted molar refractivity (Wildman–Crippen MR) is 62.0 cm³/mol. The molecule has 3 N–H and O–H groups in total. The summed E-state index contributed by atoms with van der Waals surface area (Å²) >= 11 is 0. The molecule has 1 aromatic carbocycles. The first-order valence-corrected chi connectivity index (χ1v) is 5.05. The van der Waals surface area contributed by atoms with Crippen LogP contribution in [0.5, 0.6) is 0 Å². The van der Waals surface area contributed by atoms with Crippen LogP contribution in [0.1, 0.15) is 12.0 Å². The Balaban J connectivity index is 2.23. The van der Waals surface area contributed by atoms with Crippen molar-refractivity contribution in [2.45, 2.75) is 19.1 Å². The number of hydrogen-bond acceptors (Lipinski definition) is 3. The quantitative estimate of drug-likeness (QED) is 0.405. The summed E-state index contributed by atoms with van der Waals surface area (Å²) in [5, 5.41) is 0. The van der Waals surface area contributed by atoms with Gasteiger partial charge >= 0.3 is 0 Å². The Morgan fingerprint density at radius 1 is 1.40 bits per heavy atom. The van der Waals surface area contributed by atoms with E-state index in [-0.39, 0.29) is 6.04 Å². The van der Waals surface area contributed by atoms with Crippen LogP contribution in [0.25, 0.3) is 0 Å². The van der Waals surface area contributed by atoms with E-state index >= 15 is 0 Å². The van der Waals surface area contributed by atoms with Gasteiger partial charge in [0.25, 0.3) is 0 Å². The zero-order valence-corrected chi connectivity index (χ0v) is 8.86. The molecule has 0 saturated carbocycles. The Labute approximate surface area is 90.9 Å². The maximum Gasteiger partial charge on any atom is 0.0717 e. The fraction of sp³-hybridized carbons (Fsp3) is 0.333. The van der Waals surface area contributed by atoms with Crippen molar-refractivity contribution in [1.29, 1.82) is 0 Å². The fourth-order valence-corrected chi connectivity index (χ4v) is 1.28. The molecule has 0 aliphatic heterocycles. The first-order valence-electron chi connectivity index (χ1n) is 5.05. The second-order valence-electron chi connectivity index (χ2n) is 3.39. The zero-order chi connectivity index (χ0) is 10.9. The monoisotopic (exact) mass is 206 g/mol. The molecule has 0 bridgehead atoms. The van der Waals surface area contributed by atoms with Crippen LogP contribution < -0.4 is 11.3 Å². The molecule has 0 aromatic heterocycles. The largest absolute Gasteiger partial charge is 0.375 e. The Kier molecular flexibility index (Phi) is 5.70. The van der Waals surface area contributed by atoms with E-state index < -0.39 is 0 Å². The van der Waals surface area contributed by atoms with Crippen LogP contribution in [0.4, 0.5) is 0 Å². The molecule has 0 spiro atoms. The highest BCUT2D eigenvalue weighted by atomic mass is 16.5. The van der Waals surface area contributed by atoms with Crippen molar-refractivity contribution in [3.8, 4) is 0 Å².